The van der Waals surface area contributed by atoms with Gasteiger partial charge in [0.15, 0.2) is 0 Å². The molecule has 0 atom stereocenters. The van der Waals surface area contributed by atoms with E-state index in [1.807, 2.05) is 0 Å². The monoisotopic (exact) mass is 412 g/mol. The first-order valence-corrected chi connectivity index (χ1v) is 12.0. The van der Waals surface area contributed by atoms with Crippen LogP contribution in [-0.4, -0.2) is 42.8 Å². The van der Waals surface area contributed by atoms with Gasteiger partial charge in [-0.05, 0) is 12.8 Å². The van der Waals surface area contributed by atoms with Crippen molar-refractivity contribution in [1.82, 2.24) is 0 Å². The first-order chi connectivity index (χ1) is 12.4. The molecule has 0 amide bonds. The van der Waals surface area contributed by atoms with Crippen LogP contribution in [0.1, 0.15) is 142 Å². The van der Waals surface area contributed by atoms with E-state index in [4.69, 9.17) is 4.74 Å². The first kappa shape index (κ1) is 33.0. The molecule has 0 heterocycles. The summed E-state index contributed by atoms with van der Waals surface area (Å²) in [7, 11) is 0. The molecule has 27 heavy (non-hydrogen) atoms. The Hall–Kier alpha value is 1.31. The number of rotatable bonds is 22. The minimum atomic E-state index is 0. The molecule has 0 aliphatic carbocycles. The van der Waals surface area contributed by atoms with Gasteiger partial charge < -0.3 is 4.74 Å². The number of ether oxygens (including phenoxy) is 1. The standard InChI is InChI=1S/C24H50O.Na.H2S.H/c1-3-5-7-9-11-13-15-17-19-21-23-25-24-22-20-18-16-14-12-10-8-6-4-2;;;/h3-24H2,1-2H3;;1H2;. The fourth-order valence-corrected chi connectivity index (χ4v) is 3.49. The summed E-state index contributed by atoms with van der Waals surface area (Å²) in [6.07, 6.45) is 28.2. The molecule has 0 aromatic carbocycles. The second-order valence-corrected chi connectivity index (χ2v) is 7.98. The zero-order chi connectivity index (χ0) is 18.3. The molecular formula is C24H53NaOS. The van der Waals surface area contributed by atoms with Gasteiger partial charge >= 0.3 is 29.6 Å². The van der Waals surface area contributed by atoms with Crippen LogP contribution in [0.15, 0.2) is 0 Å². The molecule has 162 valence electrons. The maximum absolute atomic E-state index is 5.78. The molecule has 0 aliphatic heterocycles. The summed E-state index contributed by atoms with van der Waals surface area (Å²) in [5.74, 6) is 0. The van der Waals surface area contributed by atoms with Crippen LogP contribution in [0.2, 0.25) is 0 Å². The van der Waals surface area contributed by atoms with Crippen molar-refractivity contribution in [2.45, 2.75) is 142 Å². The van der Waals surface area contributed by atoms with Crippen molar-refractivity contribution in [3.05, 3.63) is 0 Å². The van der Waals surface area contributed by atoms with Gasteiger partial charge in [-0.25, -0.2) is 0 Å². The summed E-state index contributed by atoms with van der Waals surface area (Å²) in [5.41, 5.74) is 0. The van der Waals surface area contributed by atoms with E-state index >= 15 is 0 Å². The van der Waals surface area contributed by atoms with Crippen LogP contribution in [0.4, 0.5) is 0 Å². The molecule has 0 unspecified atom stereocenters. The van der Waals surface area contributed by atoms with Crippen molar-refractivity contribution in [1.29, 1.82) is 0 Å². The fraction of sp³-hybridized carbons (Fsp3) is 1.00. The fourth-order valence-electron chi connectivity index (χ4n) is 3.49. The molecular weight excluding hydrogens is 359 g/mol. The molecule has 0 N–H and O–H groups in total. The Morgan fingerprint density at radius 1 is 0.370 bits per heavy atom. The normalized spacial score (nSPS) is 10.4. The van der Waals surface area contributed by atoms with Gasteiger partial charge in [0, 0.05) is 13.2 Å². The summed E-state index contributed by atoms with van der Waals surface area (Å²) in [6, 6.07) is 0. The average molecular weight is 413 g/mol. The second-order valence-electron chi connectivity index (χ2n) is 7.98. The summed E-state index contributed by atoms with van der Waals surface area (Å²) in [5, 5.41) is 0. The Labute approximate surface area is 202 Å². The van der Waals surface area contributed by atoms with Crippen LogP contribution in [0.5, 0.6) is 0 Å². The van der Waals surface area contributed by atoms with E-state index in [2.05, 4.69) is 13.8 Å². The molecule has 0 aromatic heterocycles. The zero-order valence-corrected chi connectivity index (χ0v) is 19.5. The third kappa shape index (κ3) is 32.2. The molecule has 0 bridgehead atoms. The molecule has 0 saturated heterocycles. The molecule has 0 saturated carbocycles. The van der Waals surface area contributed by atoms with Crippen molar-refractivity contribution in [2.24, 2.45) is 0 Å². The predicted molar refractivity (Wildman–Crippen MR) is 132 cm³/mol. The molecule has 0 spiro atoms. The summed E-state index contributed by atoms with van der Waals surface area (Å²) in [6.45, 7) is 6.57. The van der Waals surface area contributed by atoms with Crippen molar-refractivity contribution >= 4 is 43.1 Å². The van der Waals surface area contributed by atoms with E-state index in [0.29, 0.717) is 0 Å². The topological polar surface area (TPSA) is 9.23 Å². The predicted octanol–water partition coefficient (Wildman–Crippen LogP) is 8.31. The average Bonchev–Trinajstić information content (AvgIpc) is 2.63. The van der Waals surface area contributed by atoms with Gasteiger partial charge in [0.2, 0.25) is 0 Å². The van der Waals surface area contributed by atoms with Gasteiger partial charge in [-0.2, -0.15) is 13.5 Å². The van der Waals surface area contributed by atoms with E-state index in [-0.39, 0.29) is 43.1 Å². The van der Waals surface area contributed by atoms with Gasteiger partial charge in [-0.15, -0.1) is 0 Å². The Morgan fingerprint density at radius 2 is 0.593 bits per heavy atom. The molecule has 0 aliphatic rings. The zero-order valence-electron chi connectivity index (χ0n) is 18.5. The molecule has 0 aromatic rings. The Balaban J connectivity index is -0.00000288. The minimum absolute atomic E-state index is 0. The van der Waals surface area contributed by atoms with Gasteiger partial charge in [-0.3, -0.25) is 0 Å². The van der Waals surface area contributed by atoms with E-state index in [0.717, 1.165) is 13.2 Å². The Kier molecular flexibility index (Phi) is 39.1. The van der Waals surface area contributed by atoms with E-state index < -0.39 is 0 Å². The first-order valence-electron chi connectivity index (χ1n) is 12.0. The van der Waals surface area contributed by atoms with Crippen molar-refractivity contribution < 1.29 is 4.74 Å². The summed E-state index contributed by atoms with van der Waals surface area (Å²) >= 11 is 0. The van der Waals surface area contributed by atoms with Gasteiger partial charge in [0.05, 0.1) is 0 Å². The number of hydrogen-bond donors (Lipinski definition) is 0. The van der Waals surface area contributed by atoms with Gasteiger partial charge in [-0.1, -0.05) is 129 Å². The van der Waals surface area contributed by atoms with Crippen LogP contribution in [0, 0.1) is 0 Å². The van der Waals surface area contributed by atoms with Crippen molar-refractivity contribution in [2.75, 3.05) is 13.2 Å². The number of unbranched alkanes of at least 4 members (excludes halogenated alkanes) is 18. The van der Waals surface area contributed by atoms with Crippen LogP contribution >= 0.6 is 13.5 Å². The molecule has 0 fully saturated rings. The van der Waals surface area contributed by atoms with Crippen LogP contribution < -0.4 is 0 Å². The van der Waals surface area contributed by atoms with Crippen LogP contribution in [0.25, 0.3) is 0 Å². The second kappa shape index (κ2) is 32.0. The Bertz CT molecular complexity index is 204. The molecule has 3 heteroatoms. The van der Waals surface area contributed by atoms with E-state index in [1.54, 1.807) is 0 Å². The van der Waals surface area contributed by atoms with Gasteiger partial charge in [0.1, 0.15) is 0 Å². The van der Waals surface area contributed by atoms with Crippen molar-refractivity contribution in [3.8, 4) is 0 Å². The van der Waals surface area contributed by atoms with E-state index in [1.165, 1.54) is 128 Å². The number of hydrogen-bond acceptors (Lipinski definition) is 1. The summed E-state index contributed by atoms with van der Waals surface area (Å²) in [4.78, 5) is 0. The maximum atomic E-state index is 5.78. The third-order valence-electron chi connectivity index (χ3n) is 5.28. The molecule has 0 rings (SSSR count). The van der Waals surface area contributed by atoms with E-state index in [9.17, 15) is 0 Å². The SMILES string of the molecule is CCCCCCCCCCCCOCCCCCCCCCCCC.S.[NaH]. The van der Waals surface area contributed by atoms with Crippen LogP contribution in [-0.2, 0) is 4.74 Å². The van der Waals surface area contributed by atoms with Gasteiger partial charge in [0.25, 0.3) is 0 Å². The van der Waals surface area contributed by atoms with Crippen LogP contribution in [0.3, 0.4) is 0 Å². The molecule has 1 nitrogen and oxygen atoms in total. The molecule has 0 radical (unpaired) electrons. The quantitative estimate of drug-likeness (QED) is 0.128. The Morgan fingerprint density at radius 3 is 0.852 bits per heavy atom. The van der Waals surface area contributed by atoms with Crippen molar-refractivity contribution in [3.63, 3.8) is 0 Å². The summed E-state index contributed by atoms with van der Waals surface area (Å²) < 4.78 is 5.78. The third-order valence-corrected chi connectivity index (χ3v) is 5.28.